The Bertz CT molecular complexity index is 893. The zero-order chi connectivity index (χ0) is 19.6. The number of carbonyl (C=O) groups excluding carboxylic acids is 2. The van der Waals surface area contributed by atoms with Crippen LogP contribution in [0.5, 0.6) is 11.5 Å². The fraction of sp³-hybridized carbons (Fsp3) is 0.368. The zero-order valence-electron chi connectivity index (χ0n) is 15.3. The van der Waals surface area contributed by atoms with E-state index in [0.29, 0.717) is 45.9 Å². The van der Waals surface area contributed by atoms with Gasteiger partial charge in [-0.25, -0.2) is 4.79 Å². The maximum absolute atomic E-state index is 12.5. The van der Waals surface area contributed by atoms with E-state index in [1.807, 2.05) is 13.8 Å². The molecule has 0 radical (unpaired) electrons. The van der Waals surface area contributed by atoms with Crippen LogP contribution < -0.4 is 14.8 Å². The molecule has 0 fully saturated rings. The Labute approximate surface area is 166 Å². The third kappa shape index (κ3) is 4.20. The molecule has 2 heterocycles. The van der Waals surface area contributed by atoms with E-state index >= 15 is 0 Å². The van der Waals surface area contributed by atoms with Crippen molar-refractivity contribution in [2.75, 3.05) is 25.6 Å². The van der Waals surface area contributed by atoms with Crippen LogP contribution in [0.25, 0.3) is 0 Å². The van der Waals surface area contributed by atoms with Crippen LogP contribution in [-0.4, -0.2) is 32.2 Å². The Hall–Kier alpha value is -2.25. The van der Waals surface area contributed by atoms with Crippen LogP contribution in [0.3, 0.4) is 0 Å². The van der Waals surface area contributed by atoms with Gasteiger partial charge < -0.3 is 19.5 Å². The molecule has 1 aliphatic rings. The zero-order valence-corrected chi connectivity index (χ0v) is 16.9. The number of rotatable bonds is 4. The molecule has 0 spiro atoms. The average Bonchev–Trinajstić information content (AvgIpc) is 2.79. The molecule has 1 aliphatic heterocycles. The van der Waals surface area contributed by atoms with Crippen molar-refractivity contribution in [2.24, 2.45) is 0 Å². The average molecular weight is 410 g/mol. The molecule has 1 amide bonds. The quantitative estimate of drug-likeness (QED) is 0.768. The number of aryl methyl sites for hydroxylation is 1. The first-order valence-corrected chi connectivity index (χ1v) is 9.66. The lowest BCUT2D eigenvalue weighted by Gasteiger charge is -2.12. The number of benzene rings is 1. The van der Waals surface area contributed by atoms with E-state index in [1.165, 1.54) is 18.4 Å². The first kappa shape index (κ1) is 19.5. The lowest BCUT2D eigenvalue weighted by atomic mass is 10.1. The maximum atomic E-state index is 12.5. The van der Waals surface area contributed by atoms with Gasteiger partial charge in [0.05, 0.1) is 37.3 Å². The third-order valence-corrected chi connectivity index (χ3v) is 5.66. The highest BCUT2D eigenvalue weighted by Gasteiger charge is 2.22. The van der Waals surface area contributed by atoms with Crippen molar-refractivity contribution in [3.8, 4) is 11.5 Å². The van der Waals surface area contributed by atoms with Gasteiger partial charge in [-0.2, -0.15) is 0 Å². The molecule has 1 aromatic carbocycles. The number of ether oxygens (including phenoxy) is 3. The summed E-state index contributed by atoms with van der Waals surface area (Å²) < 4.78 is 16.1. The minimum atomic E-state index is -0.467. The summed E-state index contributed by atoms with van der Waals surface area (Å²) in [7, 11) is 1.32. The lowest BCUT2D eigenvalue weighted by Crippen LogP contribution is -2.16. The summed E-state index contributed by atoms with van der Waals surface area (Å²) in [5.41, 5.74) is 1.90. The Morgan fingerprint density at radius 1 is 1.26 bits per heavy atom. The van der Waals surface area contributed by atoms with Crippen molar-refractivity contribution in [3.05, 3.63) is 38.7 Å². The number of amides is 1. The number of halogens is 1. The first-order chi connectivity index (χ1) is 12.9. The fourth-order valence-electron chi connectivity index (χ4n) is 2.81. The second-order valence-electron chi connectivity index (χ2n) is 6.16. The highest BCUT2D eigenvalue weighted by atomic mass is 35.5. The molecule has 0 unspecified atom stereocenters. The molecule has 27 heavy (non-hydrogen) atoms. The predicted molar refractivity (Wildman–Crippen MR) is 105 cm³/mol. The summed E-state index contributed by atoms with van der Waals surface area (Å²) in [6, 6.07) is 3.46. The first-order valence-electron chi connectivity index (χ1n) is 8.47. The molecule has 0 saturated carbocycles. The molecule has 8 heteroatoms. The van der Waals surface area contributed by atoms with Crippen LogP contribution >= 0.6 is 22.9 Å². The molecule has 2 aromatic rings. The van der Waals surface area contributed by atoms with Gasteiger partial charge in [0.15, 0.2) is 11.5 Å². The van der Waals surface area contributed by atoms with Gasteiger partial charge in [0.25, 0.3) is 0 Å². The summed E-state index contributed by atoms with van der Waals surface area (Å²) >= 11 is 7.63. The van der Waals surface area contributed by atoms with E-state index in [1.54, 1.807) is 12.1 Å². The molecule has 6 nitrogen and oxygen atoms in total. The van der Waals surface area contributed by atoms with Crippen LogP contribution in [0.4, 0.5) is 5.00 Å². The van der Waals surface area contributed by atoms with Gasteiger partial charge in [0.1, 0.15) is 5.00 Å². The summed E-state index contributed by atoms with van der Waals surface area (Å²) in [5, 5.41) is 3.71. The Morgan fingerprint density at radius 2 is 2.00 bits per heavy atom. The van der Waals surface area contributed by atoms with Crippen LogP contribution in [0.15, 0.2) is 12.1 Å². The van der Waals surface area contributed by atoms with Crippen molar-refractivity contribution in [1.82, 2.24) is 0 Å². The van der Waals surface area contributed by atoms with Crippen LogP contribution in [0.1, 0.15) is 32.8 Å². The smallest absolute Gasteiger partial charge is 0.341 e. The van der Waals surface area contributed by atoms with E-state index in [2.05, 4.69) is 5.32 Å². The molecule has 1 aromatic heterocycles. The van der Waals surface area contributed by atoms with Gasteiger partial charge in [-0.15, -0.1) is 11.3 Å². The summed E-state index contributed by atoms with van der Waals surface area (Å²) in [6.45, 7) is 4.80. The normalized spacial score (nSPS) is 13.0. The van der Waals surface area contributed by atoms with Gasteiger partial charge in [-0.3, -0.25) is 4.79 Å². The highest BCUT2D eigenvalue weighted by Crippen LogP contribution is 2.38. The van der Waals surface area contributed by atoms with Crippen molar-refractivity contribution in [1.29, 1.82) is 0 Å². The van der Waals surface area contributed by atoms with Crippen LogP contribution in [0.2, 0.25) is 5.02 Å². The van der Waals surface area contributed by atoms with Gasteiger partial charge >= 0.3 is 5.97 Å². The minimum absolute atomic E-state index is 0.0902. The molecule has 0 saturated heterocycles. The van der Waals surface area contributed by atoms with Gasteiger partial charge in [-0.1, -0.05) is 11.6 Å². The SMILES string of the molecule is COC(=O)c1c(NC(=O)Cc2cc(Cl)c3c(c2)OCCCO3)sc(C)c1C. The van der Waals surface area contributed by atoms with E-state index in [-0.39, 0.29) is 12.3 Å². The monoisotopic (exact) mass is 409 g/mol. The second kappa shape index (κ2) is 8.19. The Kier molecular flexibility index (Phi) is 5.92. The molecule has 144 valence electrons. The van der Waals surface area contributed by atoms with Gasteiger partial charge in [0, 0.05) is 11.3 Å². The fourth-order valence-corrected chi connectivity index (χ4v) is 4.16. The maximum Gasteiger partial charge on any atom is 0.341 e. The third-order valence-electron chi connectivity index (χ3n) is 4.25. The summed E-state index contributed by atoms with van der Waals surface area (Å²) in [4.78, 5) is 25.5. The van der Waals surface area contributed by atoms with E-state index in [0.717, 1.165) is 16.9 Å². The number of esters is 1. The molecular formula is C19H20ClNO5S. The van der Waals surface area contributed by atoms with Crippen LogP contribution in [-0.2, 0) is 16.0 Å². The number of fused-ring (bicyclic) bond motifs is 1. The van der Waals surface area contributed by atoms with E-state index in [9.17, 15) is 9.59 Å². The molecule has 1 N–H and O–H groups in total. The number of carbonyl (C=O) groups is 2. The number of thiophene rings is 1. The molecule has 0 bridgehead atoms. The number of nitrogens with one attached hydrogen (secondary N) is 1. The Morgan fingerprint density at radius 3 is 2.74 bits per heavy atom. The minimum Gasteiger partial charge on any atom is -0.489 e. The van der Waals surface area contributed by atoms with Crippen molar-refractivity contribution in [3.63, 3.8) is 0 Å². The predicted octanol–water partition coefficient (Wildman–Crippen LogP) is 4.15. The van der Waals surface area contributed by atoms with Crippen molar-refractivity contribution < 1.29 is 23.8 Å². The van der Waals surface area contributed by atoms with Crippen LogP contribution in [0, 0.1) is 13.8 Å². The number of hydrogen-bond donors (Lipinski definition) is 1. The molecule has 3 rings (SSSR count). The standard InChI is InChI=1S/C19H20ClNO5S/c1-10-11(2)27-18(16(10)19(23)24-3)21-15(22)9-12-7-13(20)17-14(8-12)25-5-4-6-26-17/h7-8H,4-6,9H2,1-3H3,(H,21,22). The highest BCUT2D eigenvalue weighted by molar-refractivity contribution is 7.16. The number of anilines is 1. The van der Waals surface area contributed by atoms with Gasteiger partial charge in [-0.05, 0) is 37.1 Å². The second-order valence-corrected chi connectivity index (χ2v) is 7.79. The molecule has 0 aliphatic carbocycles. The lowest BCUT2D eigenvalue weighted by molar-refractivity contribution is -0.115. The largest absolute Gasteiger partial charge is 0.489 e. The number of hydrogen-bond acceptors (Lipinski definition) is 6. The molecule has 0 atom stereocenters. The van der Waals surface area contributed by atoms with Gasteiger partial charge in [0.2, 0.25) is 5.91 Å². The van der Waals surface area contributed by atoms with Crippen molar-refractivity contribution >= 4 is 39.8 Å². The number of methoxy groups -OCH3 is 1. The van der Waals surface area contributed by atoms with E-state index in [4.69, 9.17) is 25.8 Å². The van der Waals surface area contributed by atoms with Crippen molar-refractivity contribution in [2.45, 2.75) is 26.7 Å². The Balaban J connectivity index is 1.79. The summed E-state index contributed by atoms with van der Waals surface area (Å²) in [6.07, 6.45) is 0.862. The topological polar surface area (TPSA) is 73.9 Å². The van der Waals surface area contributed by atoms with E-state index < -0.39 is 5.97 Å². The summed E-state index contributed by atoms with van der Waals surface area (Å²) in [5.74, 6) is 0.328. The molecular weight excluding hydrogens is 390 g/mol.